The van der Waals surface area contributed by atoms with Crippen LogP contribution >= 0.6 is 11.6 Å². The molecule has 0 saturated carbocycles. The number of ether oxygens (including phenoxy) is 2. The summed E-state index contributed by atoms with van der Waals surface area (Å²) in [5.74, 6) is -1.01. The van der Waals surface area contributed by atoms with E-state index < -0.39 is 23.6 Å². The first-order valence-corrected chi connectivity index (χ1v) is 8.31. The van der Waals surface area contributed by atoms with Crippen molar-refractivity contribution >= 4 is 29.3 Å². The lowest BCUT2D eigenvalue weighted by Crippen LogP contribution is -2.35. The number of nitrogens with zero attached hydrogens (tertiary/aromatic N) is 1. The van der Waals surface area contributed by atoms with E-state index in [0.717, 1.165) is 0 Å². The maximum Gasteiger partial charge on any atom is 0.354 e. The molecule has 1 aliphatic rings. The molecule has 0 unspecified atom stereocenters. The van der Waals surface area contributed by atoms with E-state index in [1.807, 2.05) is 13.8 Å². The first-order valence-electron chi connectivity index (χ1n) is 7.94. The molecule has 0 saturated heterocycles. The van der Waals surface area contributed by atoms with Crippen molar-refractivity contribution in [1.82, 2.24) is 0 Å². The highest BCUT2D eigenvalue weighted by atomic mass is 35.5. The third kappa shape index (κ3) is 3.61. The topological polar surface area (TPSA) is 65.0 Å². The molecule has 5 nitrogen and oxygen atoms in total. The molecule has 0 radical (unpaired) electrons. The van der Waals surface area contributed by atoms with Crippen LogP contribution in [0, 0.1) is 11.8 Å². The van der Waals surface area contributed by atoms with Gasteiger partial charge in [-0.3, -0.25) is 4.79 Å². The molecule has 1 heterocycles. The quantitative estimate of drug-likeness (QED) is 0.732. The number of halogens is 1. The molecule has 0 fully saturated rings. The lowest BCUT2D eigenvalue weighted by atomic mass is 9.88. The van der Waals surface area contributed by atoms with Crippen LogP contribution < -0.4 is 0 Å². The predicted molar refractivity (Wildman–Crippen MR) is 91.9 cm³/mol. The Kier molecular flexibility index (Phi) is 5.65. The monoisotopic (exact) mass is 351 g/mol. The number of esters is 2. The summed E-state index contributed by atoms with van der Waals surface area (Å²) in [6, 6.07) is 7.08. The van der Waals surface area contributed by atoms with E-state index >= 15 is 0 Å². The number of aliphatic imine (C=N–C) groups is 1. The van der Waals surface area contributed by atoms with Crippen LogP contribution in [0.3, 0.4) is 0 Å². The van der Waals surface area contributed by atoms with Crippen molar-refractivity contribution in [2.75, 3.05) is 7.11 Å². The summed E-state index contributed by atoms with van der Waals surface area (Å²) in [6.45, 7) is 5.81. The average molecular weight is 352 g/mol. The summed E-state index contributed by atoms with van der Waals surface area (Å²) in [7, 11) is 1.32. The Bertz CT molecular complexity index is 671. The summed E-state index contributed by atoms with van der Waals surface area (Å²) >= 11 is 6.33. The highest BCUT2D eigenvalue weighted by Gasteiger charge is 2.49. The molecule has 6 heteroatoms. The Balaban J connectivity index is 2.51. The zero-order chi connectivity index (χ0) is 17.9. The van der Waals surface area contributed by atoms with Gasteiger partial charge in [-0.2, -0.15) is 0 Å². The van der Waals surface area contributed by atoms with Crippen molar-refractivity contribution in [3.63, 3.8) is 0 Å². The second kappa shape index (κ2) is 7.34. The number of cyclic esters (lactones) is 1. The van der Waals surface area contributed by atoms with Gasteiger partial charge in [0.25, 0.3) is 0 Å². The lowest BCUT2D eigenvalue weighted by molar-refractivity contribution is -0.158. The van der Waals surface area contributed by atoms with Crippen LogP contribution in [-0.2, 0) is 24.8 Å². The van der Waals surface area contributed by atoms with Gasteiger partial charge in [-0.25, -0.2) is 9.79 Å². The highest BCUT2D eigenvalue weighted by Crippen LogP contribution is 2.44. The van der Waals surface area contributed by atoms with Crippen molar-refractivity contribution in [2.45, 2.75) is 39.3 Å². The van der Waals surface area contributed by atoms with Gasteiger partial charge in [0.05, 0.1) is 13.5 Å². The number of carbonyl (C=O) groups is 2. The van der Waals surface area contributed by atoms with E-state index in [4.69, 9.17) is 21.1 Å². The summed E-state index contributed by atoms with van der Waals surface area (Å²) in [6.07, 6.45) is 0.573. The third-order valence-corrected chi connectivity index (χ3v) is 4.34. The summed E-state index contributed by atoms with van der Waals surface area (Å²) in [5, 5.41) is 0.441. The average Bonchev–Trinajstić information content (AvgIpc) is 2.84. The Morgan fingerprint density at radius 2 is 2.00 bits per heavy atom. The fourth-order valence-corrected chi connectivity index (χ4v) is 3.07. The van der Waals surface area contributed by atoms with Crippen molar-refractivity contribution in [1.29, 1.82) is 0 Å². The SMILES string of the molecule is COC(=O)C[C@@H](C)[C@@]1(c2ccccc2Cl)N=C(CC(C)C)C(=O)O1. The number of carbonyl (C=O) groups excluding carboxylic acids is 2. The van der Waals surface area contributed by atoms with Crippen LogP contribution in [0.1, 0.15) is 39.2 Å². The zero-order valence-corrected chi connectivity index (χ0v) is 15.1. The standard InChI is InChI=1S/C18H22ClNO4/c1-11(2)9-15-17(22)24-18(20-15,12(3)10-16(21)23-4)13-7-5-6-8-14(13)19/h5-8,11-12H,9-10H2,1-4H3/t12-,18-/m1/s1. The van der Waals surface area contributed by atoms with Crippen LogP contribution in [0.25, 0.3) is 0 Å². The van der Waals surface area contributed by atoms with Gasteiger partial charge in [0.15, 0.2) is 0 Å². The maximum absolute atomic E-state index is 12.4. The Morgan fingerprint density at radius 1 is 1.33 bits per heavy atom. The molecule has 1 aromatic carbocycles. The molecule has 0 amide bonds. The number of benzene rings is 1. The van der Waals surface area contributed by atoms with Gasteiger partial charge in [-0.05, 0) is 18.4 Å². The molecule has 2 rings (SSSR count). The van der Waals surface area contributed by atoms with Crippen molar-refractivity contribution < 1.29 is 19.1 Å². The molecular formula is C18H22ClNO4. The molecule has 0 aliphatic carbocycles. The number of hydrogen-bond donors (Lipinski definition) is 0. The summed E-state index contributed by atoms with van der Waals surface area (Å²) in [5.41, 5.74) is -0.342. The fraction of sp³-hybridized carbons (Fsp3) is 0.500. The van der Waals surface area contributed by atoms with E-state index in [1.165, 1.54) is 7.11 Å². The van der Waals surface area contributed by atoms with Gasteiger partial charge in [0.1, 0.15) is 5.71 Å². The van der Waals surface area contributed by atoms with Crippen LogP contribution in [-0.4, -0.2) is 24.8 Å². The molecule has 1 aliphatic heterocycles. The first-order chi connectivity index (χ1) is 11.3. The minimum atomic E-state index is -1.30. The van der Waals surface area contributed by atoms with Gasteiger partial charge in [0.2, 0.25) is 5.72 Å². The smallest absolute Gasteiger partial charge is 0.354 e. The first kappa shape index (κ1) is 18.5. The van der Waals surface area contributed by atoms with Gasteiger partial charge < -0.3 is 9.47 Å². The molecule has 0 bridgehead atoms. The van der Waals surface area contributed by atoms with Crippen LogP contribution in [0.15, 0.2) is 29.3 Å². The van der Waals surface area contributed by atoms with E-state index in [-0.39, 0.29) is 12.3 Å². The maximum atomic E-state index is 12.4. The molecule has 0 aromatic heterocycles. The summed E-state index contributed by atoms with van der Waals surface area (Å²) < 4.78 is 10.5. The number of methoxy groups -OCH3 is 1. The highest BCUT2D eigenvalue weighted by molar-refractivity contribution is 6.38. The minimum absolute atomic E-state index is 0.0630. The molecule has 1 aromatic rings. The van der Waals surface area contributed by atoms with Crippen molar-refractivity contribution in [3.8, 4) is 0 Å². The van der Waals surface area contributed by atoms with E-state index in [1.54, 1.807) is 31.2 Å². The third-order valence-electron chi connectivity index (χ3n) is 4.01. The molecule has 24 heavy (non-hydrogen) atoms. The number of rotatable bonds is 6. The fourth-order valence-electron chi connectivity index (χ4n) is 2.80. The van der Waals surface area contributed by atoms with Crippen LogP contribution in [0.4, 0.5) is 0 Å². The van der Waals surface area contributed by atoms with E-state index in [9.17, 15) is 9.59 Å². The minimum Gasteiger partial charge on any atom is -0.469 e. The molecule has 2 atom stereocenters. The van der Waals surface area contributed by atoms with Crippen LogP contribution in [0.2, 0.25) is 5.02 Å². The molecule has 130 valence electrons. The van der Waals surface area contributed by atoms with Crippen molar-refractivity contribution in [2.24, 2.45) is 16.8 Å². The summed E-state index contributed by atoms with van der Waals surface area (Å²) in [4.78, 5) is 28.7. The molecule has 0 spiro atoms. The van der Waals surface area contributed by atoms with Crippen molar-refractivity contribution in [3.05, 3.63) is 34.9 Å². The van der Waals surface area contributed by atoms with E-state index in [0.29, 0.717) is 22.7 Å². The second-order valence-corrected chi connectivity index (χ2v) is 6.81. The van der Waals surface area contributed by atoms with Gasteiger partial charge in [0, 0.05) is 16.5 Å². The number of hydrogen-bond acceptors (Lipinski definition) is 5. The van der Waals surface area contributed by atoms with E-state index in [2.05, 4.69) is 4.99 Å². The van der Waals surface area contributed by atoms with Gasteiger partial charge in [-0.15, -0.1) is 0 Å². The Labute approximate surface area is 147 Å². The van der Waals surface area contributed by atoms with Gasteiger partial charge in [-0.1, -0.05) is 50.6 Å². The normalized spacial score (nSPS) is 21.4. The molecule has 0 N–H and O–H groups in total. The molecular weight excluding hydrogens is 330 g/mol. The second-order valence-electron chi connectivity index (χ2n) is 6.40. The lowest BCUT2D eigenvalue weighted by Gasteiger charge is -2.31. The Morgan fingerprint density at radius 3 is 2.58 bits per heavy atom. The Hall–Kier alpha value is -1.88. The van der Waals surface area contributed by atoms with Crippen LogP contribution in [0.5, 0.6) is 0 Å². The largest absolute Gasteiger partial charge is 0.469 e. The van der Waals surface area contributed by atoms with Gasteiger partial charge >= 0.3 is 11.9 Å². The zero-order valence-electron chi connectivity index (χ0n) is 14.3. The predicted octanol–water partition coefficient (Wildman–Crippen LogP) is 3.74.